The topological polar surface area (TPSA) is 49.8 Å². The number of nitrogens with zero attached hydrogens (tertiary/aromatic N) is 1. The van der Waals surface area contributed by atoms with E-state index < -0.39 is 0 Å². The van der Waals surface area contributed by atoms with Crippen LogP contribution in [-0.4, -0.2) is 35.8 Å². The third-order valence-corrected chi connectivity index (χ3v) is 2.97. The summed E-state index contributed by atoms with van der Waals surface area (Å²) >= 11 is 0. The van der Waals surface area contributed by atoms with Gasteiger partial charge < -0.3 is 14.7 Å². The number of hydrogen-bond acceptors (Lipinski definition) is 3. The van der Waals surface area contributed by atoms with Gasteiger partial charge in [-0.1, -0.05) is 36.4 Å². The Bertz CT molecular complexity index is 428. The van der Waals surface area contributed by atoms with E-state index in [1.165, 1.54) is 0 Å². The van der Waals surface area contributed by atoms with Crippen molar-refractivity contribution in [3.8, 4) is 0 Å². The van der Waals surface area contributed by atoms with Gasteiger partial charge in [-0.15, -0.1) is 0 Å². The van der Waals surface area contributed by atoms with Gasteiger partial charge in [0.2, 0.25) is 0 Å². The van der Waals surface area contributed by atoms with E-state index in [1.807, 2.05) is 36.4 Å². The van der Waals surface area contributed by atoms with Gasteiger partial charge in [0.1, 0.15) is 6.61 Å². The van der Waals surface area contributed by atoms with Gasteiger partial charge in [-0.25, -0.2) is 4.79 Å². The SMILES string of the molecule is O=C(OCc1ccccc1)N1CC=C(CO)CC1. The molecule has 0 spiro atoms. The van der Waals surface area contributed by atoms with Crippen LogP contribution in [0.2, 0.25) is 0 Å². The second kappa shape index (κ2) is 6.21. The Morgan fingerprint density at radius 1 is 1.33 bits per heavy atom. The third-order valence-electron chi connectivity index (χ3n) is 2.97. The van der Waals surface area contributed by atoms with Crippen molar-refractivity contribution in [3.63, 3.8) is 0 Å². The molecular weight excluding hydrogens is 230 g/mol. The Balaban J connectivity index is 1.81. The molecule has 0 atom stereocenters. The number of rotatable bonds is 3. The molecule has 1 amide bonds. The predicted octanol–water partition coefficient (Wildman–Crippen LogP) is 1.95. The van der Waals surface area contributed by atoms with Gasteiger partial charge in [0.05, 0.1) is 6.61 Å². The molecule has 4 heteroatoms. The van der Waals surface area contributed by atoms with E-state index in [0.717, 1.165) is 17.6 Å². The maximum Gasteiger partial charge on any atom is 0.410 e. The average Bonchev–Trinajstić information content (AvgIpc) is 2.46. The van der Waals surface area contributed by atoms with E-state index in [1.54, 1.807) is 4.90 Å². The van der Waals surface area contributed by atoms with Gasteiger partial charge in [0.15, 0.2) is 0 Å². The number of hydrogen-bond donors (Lipinski definition) is 1. The number of benzene rings is 1. The van der Waals surface area contributed by atoms with Gasteiger partial charge in [0, 0.05) is 13.1 Å². The fourth-order valence-electron chi connectivity index (χ4n) is 1.83. The van der Waals surface area contributed by atoms with Crippen LogP contribution < -0.4 is 0 Å². The van der Waals surface area contributed by atoms with Crippen LogP contribution in [0.1, 0.15) is 12.0 Å². The second-order valence-corrected chi connectivity index (χ2v) is 4.26. The Hall–Kier alpha value is -1.81. The smallest absolute Gasteiger partial charge is 0.410 e. The van der Waals surface area contributed by atoms with Crippen molar-refractivity contribution in [2.75, 3.05) is 19.7 Å². The van der Waals surface area contributed by atoms with Crippen molar-refractivity contribution < 1.29 is 14.6 Å². The van der Waals surface area contributed by atoms with Crippen molar-refractivity contribution in [1.29, 1.82) is 0 Å². The first kappa shape index (κ1) is 12.6. The van der Waals surface area contributed by atoms with E-state index >= 15 is 0 Å². The van der Waals surface area contributed by atoms with Gasteiger partial charge in [-0.3, -0.25) is 0 Å². The molecule has 1 heterocycles. The quantitative estimate of drug-likeness (QED) is 0.830. The number of aliphatic hydroxyl groups is 1. The van der Waals surface area contributed by atoms with E-state index in [-0.39, 0.29) is 12.7 Å². The number of aliphatic hydroxyl groups excluding tert-OH is 1. The molecule has 1 aliphatic rings. The summed E-state index contributed by atoms with van der Waals surface area (Å²) in [5.41, 5.74) is 1.97. The first-order valence-corrected chi connectivity index (χ1v) is 6.04. The summed E-state index contributed by atoms with van der Waals surface area (Å²) in [5, 5.41) is 8.96. The molecule has 0 saturated heterocycles. The lowest BCUT2D eigenvalue weighted by molar-refractivity contribution is 0.0983. The molecule has 1 N–H and O–H groups in total. The molecule has 1 aliphatic heterocycles. The number of ether oxygens (including phenoxy) is 1. The molecular formula is C14H17NO3. The molecule has 0 radical (unpaired) electrons. The monoisotopic (exact) mass is 247 g/mol. The maximum atomic E-state index is 11.8. The summed E-state index contributed by atoms with van der Waals surface area (Å²) in [4.78, 5) is 13.4. The lowest BCUT2D eigenvalue weighted by atomic mass is 10.1. The van der Waals surface area contributed by atoms with Crippen LogP contribution in [0.4, 0.5) is 4.79 Å². The maximum absolute atomic E-state index is 11.8. The van der Waals surface area contributed by atoms with Crippen LogP contribution >= 0.6 is 0 Å². The minimum absolute atomic E-state index is 0.0763. The van der Waals surface area contributed by atoms with Crippen LogP contribution in [-0.2, 0) is 11.3 Å². The van der Waals surface area contributed by atoms with Gasteiger partial charge >= 0.3 is 6.09 Å². The van der Waals surface area contributed by atoms with Crippen LogP contribution in [0.25, 0.3) is 0 Å². The molecule has 0 aliphatic carbocycles. The molecule has 96 valence electrons. The Morgan fingerprint density at radius 2 is 2.11 bits per heavy atom. The number of amides is 1. The highest BCUT2D eigenvalue weighted by molar-refractivity contribution is 5.68. The molecule has 0 unspecified atom stereocenters. The second-order valence-electron chi connectivity index (χ2n) is 4.26. The van der Waals surface area contributed by atoms with E-state index in [0.29, 0.717) is 19.7 Å². The van der Waals surface area contributed by atoms with E-state index in [9.17, 15) is 4.79 Å². The lowest BCUT2D eigenvalue weighted by Gasteiger charge is -2.25. The first-order valence-electron chi connectivity index (χ1n) is 6.04. The van der Waals surface area contributed by atoms with Crippen LogP contribution in [0.5, 0.6) is 0 Å². The molecule has 0 fully saturated rings. The highest BCUT2D eigenvalue weighted by Crippen LogP contribution is 2.11. The molecule has 0 bridgehead atoms. The summed E-state index contributed by atoms with van der Waals surface area (Å²) in [7, 11) is 0. The highest BCUT2D eigenvalue weighted by atomic mass is 16.6. The predicted molar refractivity (Wildman–Crippen MR) is 68.0 cm³/mol. The number of carbonyl (C=O) groups excluding carboxylic acids is 1. The fraction of sp³-hybridized carbons (Fsp3) is 0.357. The van der Waals surface area contributed by atoms with E-state index in [4.69, 9.17) is 9.84 Å². The normalized spacial score (nSPS) is 15.2. The number of carbonyl (C=O) groups is 1. The zero-order valence-electron chi connectivity index (χ0n) is 10.2. The summed E-state index contributed by atoms with van der Waals surface area (Å²) < 4.78 is 5.23. The molecule has 0 aromatic heterocycles. The van der Waals surface area contributed by atoms with Crippen molar-refractivity contribution in [2.45, 2.75) is 13.0 Å². The van der Waals surface area contributed by atoms with Crippen molar-refractivity contribution in [3.05, 3.63) is 47.5 Å². The van der Waals surface area contributed by atoms with Gasteiger partial charge in [-0.2, -0.15) is 0 Å². The summed E-state index contributed by atoms with van der Waals surface area (Å²) in [6.45, 7) is 1.50. The minimum Gasteiger partial charge on any atom is -0.445 e. The molecule has 18 heavy (non-hydrogen) atoms. The van der Waals surface area contributed by atoms with Gasteiger partial charge in [0.25, 0.3) is 0 Å². The Kier molecular flexibility index (Phi) is 4.36. The average molecular weight is 247 g/mol. The van der Waals surface area contributed by atoms with Crippen molar-refractivity contribution >= 4 is 6.09 Å². The fourth-order valence-corrected chi connectivity index (χ4v) is 1.83. The standard InChI is InChI=1S/C14H17NO3/c16-10-12-6-8-15(9-7-12)14(17)18-11-13-4-2-1-3-5-13/h1-6,16H,7-11H2. The summed E-state index contributed by atoms with van der Waals surface area (Å²) in [6, 6.07) is 9.61. The Morgan fingerprint density at radius 3 is 2.72 bits per heavy atom. The van der Waals surface area contributed by atoms with Crippen LogP contribution in [0.15, 0.2) is 42.0 Å². The first-order chi connectivity index (χ1) is 8.79. The lowest BCUT2D eigenvalue weighted by Crippen LogP contribution is -2.35. The minimum atomic E-state index is -0.299. The van der Waals surface area contributed by atoms with Crippen molar-refractivity contribution in [1.82, 2.24) is 4.90 Å². The molecule has 0 saturated carbocycles. The molecule has 1 aromatic rings. The van der Waals surface area contributed by atoms with E-state index in [2.05, 4.69) is 0 Å². The zero-order chi connectivity index (χ0) is 12.8. The van der Waals surface area contributed by atoms with Crippen LogP contribution in [0, 0.1) is 0 Å². The third kappa shape index (κ3) is 3.34. The molecule has 2 rings (SSSR count). The Labute approximate surface area is 106 Å². The largest absolute Gasteiger partial charge is 0.445 e. The molecule has 4 nitrogen and oxygen atoms in total. The van der Waals surface area contributed by atoms with Crippen LogP contribution in [0.3, 0.4) is 0 Å². The molecule has 1 aromatic carbocycles. The zero-order valence-corrected chi connectivity index (χ0v) is 10.2. The summed E-state index contributed by atoms with van der Waals surface area (Å²) in [6.07, 6.45) is 2.30. The van der Waals surface area contributed by atoms with Gasteiger partial charge in [-0.05, 0) is 17.6 Å². The highest BCUT2D eigenvalue weighted by Gasteiger charge is 2.17. The van der Waals surface area contributed by atoms with Crippen molar-refractivity contribution in [2.24, 2.45) is 0 Å². The summed E-state index contributed by atoms with van der Waals surface area (Å²) in [5.74, 6) is 0.